The summed E-state index contributed by atoms with van der Waals surface area (Å²) in [6.45, 7) is 0. The van der Waals surface area contributed by atoms with Crippen molar-refractivity contribution in [3.63, 3.8) is 0 Å². The highest BCUT2D eigenvalue weighted by atomic mass is 32.2. The van der Waals surface area contributed by atoms with E-state index in [1.54, 1.807) is 6.26 Å². The first-order valence-electron chi connectivity index (χ1n) is 4.16. The van der Waals surface area contributed by atoms with E-state index in [1.807, 2.05) is 5.32 Å². The number of carbonyl (C=O) groups excluding carboxylic acids is 1. The SMILES string of the molecule is CSc1ccc(NC(N)=O)c(C(F)(F)F)c1. The van der Waals surface area contributed by atoms with Gasteiger partial charge in [0.05, 0.1) is 11.3 Å². The van der Waals surface area contributed by atoms with Crippen LogP contribution in [0.25, 0.3) is 0 Å². The molecule has 0 spiro atoms. The number of halogens is 3. The molecule has 0 fully saturated rings. The van der Waals surface area contributed by atoms with E-state index in [9.17, 15) is 18.0 Å². The highest BCUT2D eigenvalue weighted by Crippen LogP contribution is 2.36. The zero-order chi connectivity index (χ0) is 12.3. The van der Waals surface area contributed by atoms with Gasteiger partial charge in [0.2, 0.25) is 0 Å². The number of hydrogen-bond acceptors (Lipinski definition) is 2. The summed E-state index contributed by atoms with van der Waals surface area (Å²) in [6, 6.07) is 2.60. The molecule has 1 aromatic rings. The van der Waals surface area contributed by atoms with Gasteiger partial charge in [0.15, 0.2) is 0 Å². The summed E-state index contributed by atoms with van der Waals surface area (Å²) in [5, 5.41) is 1.94. The van der Waals surface area contributed by atoms with Gasteiger partial charge in [-0.25, -0.2) is 4.79 Å². The van der Waals surface area contributed by atoms with Gasteiger partial charge in [-0.05, 0) is 24.5 Å². The van der Waals surface area contributed by atoms with Gasteiger partial charge in [-0.1, -0.05) is 0 Å². The third-order valence-electron chi connectivity index (χ3n) is 1.79. The molecule has 3 nitrogen and oxygen atoms in total. The Bertz CT molecular complexity index is 406. The Morgan fingerprint density at radius 1 is 1.44 bits per heavy atom. The Kier molecular flexibility index (Phi) is 3.69. The zero-order valence-corrected chi connectivity index (χ0v) is 9.08. The Morgan fingerprint density at radius 2 is 2.06 bits per heavy atom. The minimum absolute atomic E-state index is 0.335. The Labute approximate surface area is 94.2 Å². The van der Waals surface area contributed by atoms with Crippen LogP contribution in [0.4, 0.5) is 23.7 Å². The number of anilines is 1. The van der Waals surface area contributed by atoms with Crippen LogP contribution in [0.5, 0.6) is 0 Å². The maximum absolute atomic E-state index is 12.6. The number of amides is 2. The molecule has 7 heteroatoms. The summed E-state index contributed by atoms with van der Waals surface area (Å²) in [4.78, 5) is 11.0. The minimum atomic E-state index is -4.52. The molecule has 3 N–H and O–H groups in total. The number of nitrogens with two attached hydrogens (primary N) is 1. The lowest BCUT2D eigenvalue weighted by Crippen LogP contribution is -2.22. The minimum Gasteiger partial charge on any atom is -0.351 e. The van der Waals surface area contributed by atoms with Crippen LogP contribution in [0.1, 0.15) is 5.56 Å². The molecule has 16 heavy (non-hydrogen) atoms. The van der Waals surface area contributed by atoms with Crippen molar-refractivity contribution in [1.82, 2.24) is 0 Å². The summed E-state index contributed by atoms with van der Waals surface area (Å²) in [5.41, 5.74) is 3.54. The highest BCUT2D eigenvalue weighted by Gasteiger charge is 2.34. The van der Waals surface area contributed by atoms with Crippen molar-refractivity contribution in [1.29, 1.82) is 0 Å². The van der Waals surface area contributed by atoms with Gasteiger partial charge in [0.25, 0.3) is 0 Å². The molecule has 0 heterocycles. The average Bonchev–Trinajstić information content (AvgIpc) is 2.15. The predicted octanol–water partition coefficient (Wildman–Crippen LogP) is 2.92. The molecule has 0 aliphatic rings. The van der Waals surface area contributed by atoms with Crippen molar-refractivity contribution < 1.29 is 18.0 Å². The largest absolute Gasteiger partial charge is 0.418 e. The number of thioether (sulfide) groups is 1. The van der Waals surface area contributed by atoms with Crippen molar-refractivity contribution in [2.75, 3.05) is 11.6 Å². The second-order valence-electron chi connectivity index (χ2n) is 2.90. The number of rotatable bonds is 2. The lowest BCUT2D eigenvalue weighted by Gasteiger charge is -2.13. The number of nitrogens with one attached hydrogen (secondary N) is 1. The second-order valence-corrected chi connectivity index (χ2v) is 3.78. The molecule has 0 atom stereocenters. The van der Waals surface area contributed by atoms with E-state index in [2.05, 4.69) is 0 Å². The molecule has 0 aliphatic heterocycles. The van der Waals surface area contributed by atoms with Crippen molar-refractivity contribution in [2.24, 2.45) is 5.73 Å². The maximum Gasteiger partial charge on any atom is 0.418 e. The van der Waals surface area contributed by atoms with Crippen molar-refractivity contribution in [2.45, 2.75) is 11.1 Å². The van der Waals surface area contributed by atoms with Gasteiger partial charge in [0.1, 0.15) is 0 Å². The Morgan fingerprint density at radius 3 is 2.50 bits per heavy atom. The van der Waals surface area contributed by atoms with E-state index >= 15 is 0 Å². The number of carbonyl (C=O) groups is 1. The molecule has 0 bridgehead atoms. The van der Waals surface area contributed by atoms with E-state index in [-0.39, 0.29) is 5.69 Å². The average molecular weight is 250 g/mol. The fraction of sp³-hybridized carbons (Fsp3) is 0.222. The van der Waals surface area contributed by atoms with Crippen molar-refractivity contribution in [3.8, 4) is 0 Å². The topological polar surface area (TPSA) is 55.1 Å². The molecule has 1 rings (SSSR count). The van der Waals surface area contributed by atoms with E-state index in [1.165, 1.54) is 23.9 Å². The fourth-order valence-electron chi connectivity index (χ4n) is 1.13. The third-order valence-corrected chi connectivity index (χ3v) is 2.52. The lowest BCUT2D eigenvalue weighted by atomic mass is 10.1. The molecular formula is C9H9F3N2OS. The molecule has 0 aliphatic carbocycles. The highest BCUT2D eigenvalue weighted by molar-refractivity contribution is 7.98. The maximum atomic E-state index is 12.6. The van der Waals surface area contributed by atoms with E-state index in [0.717, 1.165) is 6.07 Å². The molecule has 0 unspecified atom stereocenters. The van der Waals surface area contributed by atoms with Gasteiger partial charge in [-0.3, -0.25) is 0 Å². The molecule has 0 radical (unpaired) electrons. The summed E-state index contributed by atoms with van der Waals surface area (Å²) < 4.78 is 37.8. The quantitative estimate of drug-likeness (QED) is 0.793. The molecule has 1 aromatic carbocycles. The van der Waals surface area contributed by atoms with Gasteiger partial charge in [0, 0.05) is 4.90 Å². The molecule has 0 aromatic heterocycles. The molecule has 2 amide bonds. The van der Waals surface area contributed by atoms with Crippen LogP contribution in [0.15, 0.2) is 23.1 Å². The first-order valence-corrected chi connectivity index (χ1v) is 5.38. The summed E-state index contributed by atoms with van der Waals surface area (Å²) in [5.74, 6) is 0. The van der Waals surface area contributed by atoms with Crippen LogP contribution in [0.2, 0.25) is 0 Å². The van der Waals surface area contributed by atoms with E-state index in [4.69, 9.17) is 5.73 Å². The number of urea groups is 1. The smallest absolute Gasteiger partial charge is 0.351 e. The van der Waals surface area contributed by atoms with E-state index < -0.39 is 17.8 Å². The van der Waals surface area contributed by atoms with Crippen LogP contribution in [0, 0.1) is 0 Å². The summed E-state index contributed by atoms with van der Waals surface area (Å²) >= 11 is 1.18. The van der Waals surface area contributed by atoms with Crippen LogP contribution in [0.3, 0.4) is 0 Å². The second kappa shape index (κ2) is 4.65. The first-order chi connectivity index (χ1) is 7.34. The summed E-state index contributed by atoms with van der Waals surface area (Å²) in [7, 11) is 0. The standard InChI is InChI=1S/C9H9F3N2OS/c1-16-5-2-3-7(14-8(13)15)6(4-5)9(10,11)12/h2-4H,1H3,(H3,13,14,15). The van der Waals surface area contributed by atoms with Crippen molar-refractivity contribution in [3.05, 3.63) is 23.8 Å². The normalized spacial score (nSPS) is 11.2. The van der Waals surface area contributed by atoms with Crippen molar-refractivity contribution >= 4 is 23.5 Å². The molecular weight excluding hydrogens is 241 g/mol. The molecule has 88 valence electrons. The predicted molar refractivity (Wildman–Crippen MR) is 56.4 cm³/mol. The first kappa shape index (κ1) is 12.7. The van der Waals surface area contributed by atoms with Crippen LogP contribution in [-0.2, 0) is 6.18 Å². The fourth-order valence-corrected chi connectivity index (χ4v) is 1.57. The van der Waals surface area contributed by atoms with Gasteiger partial charge < -0.3 is 11.1 Å². The Balaban J connectivity index is 3.22. The lowest BCUT2D eigenvalue weighted by molar-refractivity contribution is -0.137. The molecule has 0 saturated carbocycles. The number of hydrogen-bond donors (Lipinski definition) is 2. The van der Waals surface area contributed by atoms with Crippen LogP contribution >= 0.6 is 11.8 Å². The third kappa shape index (κ3) is 3.06. The number of benzene rings is 1. The van der Waals surface area contributed by atoms with Crippen LogP contribution in [-0.4, -0.2) is 12.3 Å². The van der Waals surface area contributed by atoms with Gasteiger partial charge in [-0.15, -0.1) is 11.8 Å². The monoisotopic (exact) mass is 250 g/mol. The number of primary amides is 1. The van der Waals surface area contributed by atoms with Crippen LogP contribution < -0.4 is 11.1 Å². The summed E-state index contributed by atoms with van der Waals surface area (Å²) in [6.07, 6.45) is -2.86. The Hall–Kier alpha value is -1.37. The van der Waals surface area contributed by atoms with Gasteiger partial charge >= 0.3 is 12.2 Å². The number of alkyl halides is 3. The van der Waals surface area contributed by atoms with Gasteiger partial charge in [-0.2, -0.15) is 13.2 Å². The molecule has 0 saturated heterocycles. The van der Waals surface area contributed by atoms with E-state index in [0.29, 0.717) is 4.90 Å². The zero-order valence-electron chi connectivity index (χ0n) is 8.26.